The van der Waals surface area contributed by atoms with Crippen molar-refractivity contribution in [2.24, 2.45) is 0 Å². The van der Waals surface area contributed by atoms with Crippen LogP contribution in [0.2, 0.25) is 0 Å². The lowest BCUT2D eigenvalue weighted by molar-refractivity contribution is 0.711. The first-order valence-electron chi connectivity index (χ1n) is 5.34. The number of hydrogen-bond donors (Lipinski definition) is 0. The zero-order chi connectivity index (χ0) is 12.1. The lowest BCUT2D eigenvalue weighted by Crippen LogP contribution is -2.31. The van der Waals surface area contributed by atoms with Gasteiger partial charge in [-0.25, -0.2) is 4.98 Å². The smallest absolute Gasteiger partial charge is 0.130 e. The van der Waals surface area contributed by atoms with Crippen molar-refractivity contribution in [3.63, 3.8) is 0 Å². The highest BCUT2D eigenvalue weighted by Crippen LogP contribution is 2.17. The molecule has 0 fully saturated rings. The molecule has 0 aliphatic carbocycles. The van der Waals surface area contributed by atoms with Gasteiger partial charge in [0.15, 0.2) is 0 Å². The van der Waals surface area contributed by atoms with Gasteiger partial charge < -0.3 is 4.90 Å². The zero-order valence-corrected chi connectivity index (χ0v) is 10.1. The lowest BCUT2D eigenvalue weighted by Gasteiger charge is -2.26. The van der Waals surface area contributed by atoms with E-state index in [-0.39, 0.29) is 0 Å². The highest BCUT2D eigenvalue weighted by Gasteiger charge is 2.11. The van der Waals surface area contributed by atoms with E-state index in [9.17, 15) is 0 Å². The van der Waals surface area contributed by atoms with Gasteiger partial charge in [-0.05, 0) is 32.9 Å². The molecule has 3 nitrogen and oxygen atoms in total. The summed E-state index contributed by atoms with van der Waals surface area (Å²) in [7, 11) is 0. The molecule has 0 amide bonds. The minimum atomic E-state index is 0.332. The van der Waals surface area contributed by atoms with Crippen molar-refractivity contribution in [3.05, 3.63) is 36.0 Å². The molecule has 3 heteroatoms. The maximum absolute atomic E-state index is 8.92. The van der Waals surface area contributed by atoms with E-state index >= 15 is 0 Å². The molecular formula is C13H17N3. The molecule has 0 radical (unpaired) electrons. The summed E-state index contributed by atoms with van der Waals surface area (Å²) >= 11 is 0. The number of aryl methyl sites for hydroxylation is 1. The van der Waals surface area contributed by atoms with Crippen LogP contribution in [-0.4, -0.2) is 17.6 Å². The number of aromatic nitrogens is 1. The highest BCUT2D eigenvalue weighted by atomic mass is 15.2. The molecule has 0 aliphatic rings. The molecule has 0 bridgehead atoms. The van der Waals surface area contributed by atoms with Crippen LogP contribution < -0.4 is 4.90 Å². The third kappa shape index (κ3) is 2.83. The predicted octanol–water partition coefficient (Wildman–Crippen LogP) is 2.66. The Morgan fingerprint density at radius 2 is 2.25 bits per heavy atom. The Balaban J connectivity index is 3.14. The van der Waals surface area contributed by atoms with Crippen molar-refractivity contribution in [2.45, 2.75) is 26.8 Å². The van der Waals surface area contributed by atoms with Crippen LogP contribution in [-0.2, 0) is 0 Å². The third-order valence-electron chi connectivity index (χ3n) is 2.31. The van der Waals surface area contributed by atoms with E-state index in [2.05, 4.69) is 36.4 Å². The van der Waals surface area contributed by atoms with E-state index < -0.39 is 0 Å². The van der Waals surface area contributed by atoms with Crippen molar-refractivity contribution in [2.75, 3.05) is 11.4 Å². The topological polar surface area (TPSA) is 39.9 Å². The minimum absolute atomic E-state index is 0.332. The number of rotatable bonds is 4. The van der Waals surface area contributed by atoms with Gasteiger partial charge in [0.05, 0.1) is 11.6 Å². The molecule has 84 valence electrons. The van der Waals surface area contributed by atoms with Crippen LogP contribution >= 0.6 is 0 Å². The standard InChI is InChI=1S/C13H17N3/c1-5-6-16(10(2)3)13-8-12(9-14)7-11(4)15-13/h5,7-8,10H,1,6H2,2-4H3. The summed E-state index contributed by atoms with van der Waals surface area (Å²) in [5, 5.41) is 8.92. The summed E-state index contributed by atoms with van der Waals surface area (Å²) in [6.45, 7) is 10.6. The Labute approximate surface area is 97.0 Å². The number of anilines is 1. The second kappa shape index (κ2) is 5.32. The van der Waals surface area contributed by atoms with Crippen LogP contribution in [0.5, 0.6) is 0 Å². The van der Waals surface area contributed by atoms with Crippen LogP contribution in [0.1, 0.15) is 25.1 Å². The molecular weight excluding hydrogens is 198 g/mol. The van der Waals surface area contributed by atoms with Gasteiger partial charge in [-0.15, -0.1) is 6.58 Å². The first-order chi connectivity index (χ1) is 7.58. The van der Waals surface area contributed by atoms with Crippen molar-refractivity contribution in [1.82, 2.24) is 4.98 Å². The fourth-order valence-corrected chi connectivity index (χ4v) is 1.57. The molecule has 0 saturated carbocycles. The van der Waals surface area contributed by atoms with E-state index in [4.69, 9.17) is 5.26 Å². The fraction of sp³-hybridized carbons (Fsp3) is 0.385. The summed E-state index contributed by atoms with van der Waals surface area (Å²) in [4.78, 5) is 6.56. The molecule has 1 rings (SSSR count). The Morgan fingerprint density at radius 1 is 1.56 bits per heavy atom. The van der Waals surface area contributed by atoms with E-state index in [1.54, 1.807) is 6.07 Å². The molecule has 16 heavy (non-hydrogen) atoms. The maximum Gasteiger partial charge on any atom is 0.130 e. The maximum atomic E-state index is 8.92. The van der Waals surface area contributed by atoms with Crippen molar-refractivity contribution in [3.8, 4) is 6.07 Å². The number of nitrogens with zero attached hydrogens (tertiary/aromatic N) is 3. The molecule has 1 heterocycles. The molecule has 0 spiro atoms. The van der Waals surface area contributed by atoms with E-state index in [1.807, 2.05) is 19.1 Å². The van der Waals surface area contributed by atoms with Gasteiger partial charge in [0.25, 0.3) is 0 Å². The summed E-state index contributed by atoms with van der Waals surface area (Å²) in [6, 6.07) is 6.09. The number of pyridine rings is 1. The molecule has 0 atom stereocenters. The highest BCUT2D eigenvalue weighted by molar-refractivity contribution is 5.47. The van der Waals surface area contributed by atoms with E-state index in [0.717, 1.165) is 18.1 Å². The van der Waals surface area contributed by atoms with Gasteiger partial charge >= 0.3 is 0 Å². The van der Waals surface area contributed by atoms with Crippen molar-refractivity contribution >= 4 is 5.82 Å². The Bertz CT molecular complexity index is 416. The summed E-state index contributed by atoms with van der Waals surface area (Å²) in [5.74, 6) is 0.839. The van der Waals surface area contributed by atoms with Crippen LogP contribution in [0.4, 0.5) is 5.82 Å². The van der Waals surface area contributed by atoms with Gasteiger partial charge in [0.2, 0.25) is 0 Å². The quantitative estimate of drug-likeness (QED) is 0.725. The fourth-order valence-electron chi connectivity index (χ4n) is 1.57. The van der Waals surface area contributed by atoms with Crippen LogP contribution in [0.15, 0.2) is 24.8 Å². The molecule has 0 N–H and O–H groups in total. The second-order valence-electron chi connectivity index (χ2n) is 4.00. The van der Waals surface area contributed by atoms with Gasteiger partial charge in [-0.1, -0.05) is 6.08 Å². The molecule has 1 aromatic rings. The van der Waals surface area contributed by atoms with Gasteiger partial charge in [-0.3, -0.25) is 0 Å². The average molecular weight is 215 g/mol. The average Bonchev–Trinajstić information content (AvgIpc) is 2.24. The van der Waals surface area contributed by atoms with Gasteiger partial charge in [0.1, 0.15) is 5.82 Å². The zero-order valence-electron chi connectivity index (χ0n) is 10.1. The molecule has 1 aromatic heterocycles. The summed E-state index contributed by atoms with van der Waals surface area (Å²) < 4.78 is 0. The first-order valence-corrected chi connectivity index (χ1v) is 5.34. The monoisotopic (exact) mass is 215 g/mol. The molecule has 0 saturated heterocycles. The van der Waals surface area contributed by atoms with Crippen molar-refractivity contribution < 1.29 is 0 Å². The largest absolute Gasteiger partial charge is 0.350 e. The van der Waals surface area contributed by atoms with Crippen molar-refractivity contribution in [1.29, 1.82) is 5.26 Å². The summed E-state index contributed by atoms with van der Waals surface area (Å²) in [5.41, 5.74) is 1.51. The van der Waals surface area contributed by atoms with Gasteiger partial charge in [0, 0.05) is 18.3 Å². The number of nitriles is 1. The third-order valence-corrected chi connectivity index (χ3v) is 2.31. The van der Waals surface area contributed by atoms with Crippen LogP contribution in [0, 0.1) is 18.3 Å². The summed E-state index contributed by atoms with van der Waals surface area (Å²) in [6.07, 6.45) is 1.84. The minimum Gasteiger partial charge on any atom is -0.350 e. The SMILES string of the molecule is C=CCN(c1cc(C#N)cc(C)n1)C(C)C. The number of hydrogen-bond acceptors (Lipinski definition) is 3. The van der Waals surface area contributed by atoms with Crippen LogP contribution in [0.25, 0.3) is 0 Å². The first kappa shape index (κ1) is 12.3. The molecule has 0 aromatic carbocycles. The Hall–Kier alpha value is -1.82. The van der Waals surface area contributed by atoms with E-state index in [0.29, 0.717) is 11.6 Å². The normalized spacial score (nSPS) is 9.94. The predicted molar refractivity (Wildman–Crippen MR) is 66.4 cm³/mol. The lowest BCUT2D eigenvalue weighted by atomic mass is 10.2. The Kier molecular flexibility index (Phi) is 4.07. The Morgan fingerprint density at radius 3 is 2.75 bits per heavy atom. The van der Waals surface area contributed by atoms with Gasteiger partial charge in [-0.2, -0.15) is 5.26 Å². The second-order valence-corrected chi connectivity index (χ2v) is 4.00. The van der Waals surface area contributed by atoms with Crippen LogP contribution in [0.3, 0.4) is 0 Å². The molecule has 0 unspecified atom stereocenters. The van der Waals surface area contributed by atoms with E-state index in [1.165, 1.54) is 0 Å². The molecule has 0 aliphatic heterocycles.